The number of carbonyl (C=O) groups is 1. The van der Waals surface area contributed by atoms with Crippen LogP contribution in [0.25, 0.3) is 10.7 Å². The van der Waals surface area contributed by atoms with E-state index < -0.39 is 11.6 Å². The van der Waals surface area contributed by atoms with E-state index in [1.54, 1.807) is 48.5 Å². The molecular formula is C21H16N2O4S. The van der Waals surface area contributed by atoms with Crippen molar-refractivity contribution in [3.63, 3.8) is 0 Å². The molecule has 0 saturated carbocycles. The first-order valence-electron chi connectivity index (χ1n) is 8.55. The van der Waals surface area contributed by atoms with Gasteiger partial charge in [-0.25, -0.2) is 4.79 Å². The van der Waals surface area contributed by atoms with E-state index in [4.69, 9.17) is 9.26 Å². The van der Waals surface area contributed by atoms with E-state index in [2.05, 4.69) is 10.1 Å². The Morgan fingerprint density at radius 1 is 1.00 bits per heavy atom. The molecule has 0 radical (unpaired) electrons. The highest BCUT2D eigenvalue weighted by atomic mass is 32.1. The molecule has 0 aliphatic carbocycles. The van der Waals surface area contributed by atoms with E-state index in [9.17, 15) is 9.90 Å². The first-order chi connectivity index (χ1) is 13.7. The van der Waals surface area contributed by atoms with E-state index in [0.29, 0.717) is 17.0 Å². The Hall–Kier alpha value is -3.29. The SMILES string of the molecule is O=C(OCc1nc(-c2cccs2)no1)C(O)(c1ccccc1)c1ccccc1. The lowest BCUT2D eigenvalue weighted by atomic mass is 9.86. The third-order valence-corrected chi connectivity index (χ3v) is 5.08. The lowest BCUT2D eigenvalue weighted by Crippen LogP contribution is -2.38. The molecule has 1 N–H and O–H groups in total. The summed E-state index contributed by atoms with van der Waals surface area (Å²) in [6, 6.07) is 21.1. The summed E-state index contributed by atoms with van der Waals surface area (Å²) in [6.45, 7) is -0.237. The topological polar surface area (TPSA) is 85.5 Å². The lowest BCUT2D eigenvalue weighted by Gasteiger charge is -2.26. The number of aliphatic hydroxyl groups is 1. The Labute approximate surface area is 165 Å². The molecule has 6 nitrogen and oxygen atoms in total. The smallest absolute Gasteiger partial charge is 0.348 e. The van der Waals surface area contributed by atoms with Crippen molar-refractivity contribution in [2.75, 3.05) is 0 Å². The van der Waals surface area contributed by atoms with E-state index in [1.165, 1.54) is 11.3 Å². The maximum absolute atomic E-state index is 12.9. The van der Waals surface area contributed by atoms with Crippen molar-refractivity contribution in [2.45, 2.75) is 12.2 Å². The molecule has 0 amide bonds. The fraction of sp³-hybridized carbons (Fsp3) is 0.0952. The number of ether oxygens (including phenoxy) is 1. The van der Waals surface area contributed by atoms with Crippen molar-refractivity contribution >= 4 is 17.3 Å². The number of carbonyl (C=O) groups excluding carboxylic acids is 1. The average molecular weight is 392 g/mol. The Bertz CT molecular complexity index is 1010. The van der Waals surface area contributed by atoms with Gasteiger partial charge < -0.3 is 14.4 Å². The van der Waals surface area contributed by atoms with Gasteiger partial charge in [-0.15, -0.1) is 11.3 Å². The number of hydrogen-bond acceptors (Lipinski definition) is 7. The molecule has 2 aromatic heterocycles. The summed E-state index contributed by atoms with van der Waals surface area (Å²) in [5.41, 5.74) is -1.12. The first-order valence-corrected chi connectivity index (χ1v) is 9.43. The van der Waals surface area contributed by atoms with Crippen LogP contribution in [0.4, 0.5) is 0 Å². The molecule has 0 aliphatic rings. The summed E-state index contributed by atoms with van der Waals surface area (Å²) in [5.74, 6) is -0.233. The molecule has 28 heavy (non-hydrogen) atoms. The van der Waals surface area contributed by atoms with Gasteiger partial charge in [-0.1, -0.05) is 71.9 Å². The maximum Gasteiger partial charge on any atom is 0.348 e. The van der Waals surface area contributed by atoms with Crippen molar-refractivity contribution in [3.8, 4) is 10.7 Å². The number of rotatable bonds is 6. The zero-order valence-electron chi connectivity index (χ0n) is 14.7. The number of nitrogens with zero attached hydrogens (tertiary/aromatic N) is 2. The van der Waals surface area contributed by atoms with Crippen LogP contribution >= 0.6 is 11.3 Å². The Morgan fingerprint density at radius 3 is 2.21 bits per heavy atom. The average Bonchev–Trinajstić information content (AvgIpc) is 3.44. The van der Waals surface area contributed by atoms with Gasteiger partial charge in [-0.05, 0) is 22.6 Å². The largest absolute Gasteiger partial charge is 0.453 e. The second-order valence-electron chi connectivity index (χ2n) is 6.01. The van der Waals surface area contributed by atoms with Crippen molar-refractivity contribution in [2.24, 2.45) is 0 Å². The minimum Gasteiger partial charge on any atom is -0.453 e. The van der Waals surface area contributed by atoms with Gasteiger partial charge in [0.15, 0.2) is 6.61 Å². The highest BCUT2D eigenvalue weighted by Gasteiger charge is 2.41. The highest BCUT2D eigenvalue weighted by Crippen LogP contribution is 2.31. The van der Waals surface area contributed by atoms with Gasteiger partial charge in [0.05, 0.1) is 4.88 Å². The van der Waals surface area contributed by atoms with Crippen molar-refractivity contribution < 1.29 is 19.2 Å². The van der Waals surface area contributed by atoms with Gasteiger partial charge in [-0.2, -0.15) is 4.98 Å². The second-order valence-corrected chi connectivity index (χ2v) is 6.96. The zero-order valence-corrected chi connectivity index (χ0v) is 15.5. The molecule has 140 valence electrons. The maximum atomic E-state index is 12.9. The van der Waals surface area contributed by atoms with Gasteiger partial charge in [0.1, 0.15) is 0 Å². The fourth-order valence-corrected chi connectivity index (χ4v) is 3.46. The number of benzene rings is 2. The molecule has 2 heterocycles. The van der Waals surface area contributed by atoms with Gasteiger partial charge in [-0.3, -0.25) is 0 Å². The molecular weight excluding hydrogens is 376 g/mol. The standard InChI is InChI=1S/C21H16N2O4S/c24-20(26-14-18-22-19(23-27-18)17-12-7-13-28-17)21(25,15-8-3-1-4-9-15)16-10-5-2-6-11-16/h1-13,25H,14H2. The number of thiophene rings is 1. The highest BCUT2D eigenvalue weighted by molar-refractivity contribution is 7.13. The predicted octanol–water partition coefficient (Wildman–Crippen LogP) is 3.78. The molecule has 0 fully saturated rings. The van der Waals surface area contributed by atoms with Crippen molar-refractivity contribution in [3.05, 3.63) is 95.2 Å². The third kappa shape index (κ3) is 3.45. The quantitative estimate of drug-likeness (QED) is 0.503. The first kappa shape index (κ1) is 18.1. The van der Waals surface area contributed by atoms with Crippen LogP contribution in [0.15, 0.2) is 82.7 Å². The van der Waals surface area contributed by atoms with E-state index >= 15 is 0 Å². The van der Waals surface area contributed by atoms with Crippen LogP contribution in [0.2, 0.25) is 0 Å². The summed E-state index contributed by atoms with van der Waals surface area (Å²) >= 11 is 1.48. The van der Waals surface area contributed by atoms with Crippen LogP contribution in [0, 0.1) is 0 Å². The summed E-state index contributed by atoms with van der Waals surface area (Å²) < 4.78 is 10.5. The molecule has 0 unspecified atom stereocenters. The summed E-state index contributed by atoms with van der Waals surface area (Å²) in [7, 11) is 0. The monoisotopic (exact) mass is 392 g/mol. The lowest BCUT2D eigenvalue weighted by molar-refractivity contribution is -0.164. The molecule has 4 aromatic rings. The fourth-order valence-electron chi connectivity index (χ4n) is 2.81. The molecule has 4 rings (SSSR count). The minimum absolute atomic E-state index is 0.153. The normalized spacial score (nSPS) is 11.3. The molecule has 0 saturated heterocycles. The van der Waals surface area contributed by atoms with Crippen molar-refractivity contribution in [1.29, 1.82) is 0 Å². The molecule has 2 aromatic carbocycles. The molecule has 7 heteroatoms. The summed E-state index contributed by atoms with van der Waals surface area (Å²) in [6.07, 6.45) is 0. The third-order valence-electron chi connectivity index (χ3n) is 4.21. The van der Waals surface area contributed by atoms with Crippen LogP contribution in [0.1, 0.15) is 17.0 Å². The van der Waals surface area contributed by atoms with E-state index in [-0.39, 0.29) is 12.5 Å². The Morgan fingerprint density at radius 2 is 1.64 bits per heavy atom. The van der Waals surface area contributed by atoms with E-state index in [0.717, 1.165) is 4.88 Å². The molecule has 0 aliphatic heterocycles. The minimum atomic E-state index is -1.95. The van der Waals surface area contributed by atoms with Crippen LogP contribution in [0.5, 0.6) is 0 Å². The van der Waals surface area contributed by atoms with Crippen LogP contribution in [-0.2, 0) is 21.7 Å². The number of hydrogen-bond donors (Lipinski definition) is 1. The Kier molecular flexibility index (Phi) is 5.01. The number of esters is 1. The molecule has 0 spiro atoms. The van der Waals surface area contributed by atoms with Gasteiger partial charge >= 0.3 is 5.97 Å². The zero-order chi connectivity index (χ0) is 19.4. The van der Waals surface area contributed by atoms with Crippen molar-refractivity contribution in [1.82, 2.24) is 10.1 Å². The Balaban J connectivity index is 1.57. The molecule has 0 bridgehead atoms. The molecule has 0 atom stereocenters. The van der Waals surface area contributed by atoms with Crippen LogP contribution < -0.4 is 0 Å². The summed E-state index contributed by atoms with van der Waals surface area (Å²) in [4.78, 5) is 18.0. The van der Waals surface area contributed by atoms with Gasteiger partial charge in [0.2, 0.25) is 11.4 Å². The number of aromatic nitrogens is 2. The van der Waals surface area contributed by atoms with Gasteiger partial charge in [0.25, 0.3) is 5.89 Å². The predicted molar refractivity (Wildman–Crippen MR) is 103 cm³/mol. The summed E-state index contributed by atoms with van der Waals surface area (Å²) in [5, 5.41) is 17.1. The van der Waals surface area contributed by atoms with E-state index in [1.807, 2.05) is 29.6 Å². The van der Waals surface area contributed by atoms with Crippen LogP contribution in [-0.4, -0.2) is 21.2 Å². The van der Waals surface area contributed by atoms with Crippen LogP contribution in [0.3, 0.4) is 0 Å². The van der Waals surface area contributed by atoms with Gasteiger partial charge in [0, 0.05) is 0 Å². The second kappa shape index (κ2) is 7.75.